The average molecular weight is 533 g/mol. The largest absolute Gasteiger partial charge is 0.491 e. The molecule has 2 N–H and O–H groups in total. The van der Waals surface area contributed by atoms with Gasteiger partial charge in [-0.25, -0.2) is 4.99 Å². The van der Waals surface area contributed by atoms with Gasteiger partial charge in [0.2, 0.25) is 0 Å². The normalized spacial score (nSPS) is 14.7. The molecule has 0 heterocycles. The molecule has 1 saturated carbocycles. The van der Waals surface area contributed by atoms with Gasteiger partial charge in [-0.05, 0) is 64.0 Å². The summed E-state index contributed by atoms with van der Waals surface area (Å²) in [6.07, 6.45) is 3.65. The second-order valence-corrected chi connectivity index (χ2v) is 7.65. The highest BCUT2D eigenvalue weighted by molar-refractivity contribution is 14.0. The third-order valence-electron chi connectivity index (χ3n) is 5.23. The van der Waals surface area contributed by atoms with Crippen LogP contribution in [-0.2, 0) is 16.0 Å². The van der Waals surface area contributed by atoms with Crippen LogP contribution < -0.4 is 15.4 Å². The molecule has 0 bridgehead atoms. The Kier molecular flexibility index (Phi) is 13.4. The second kappa shape index (κ2) is 14.9. The van der Waals surface area contributed by atoms with E-state index in [0.29, 0.717) is 31.8 Å². The Bertz CT molecular complexity index is 636. The summed E-state index contributed by atoms with van der Waals surface area (Å²) in [4.78, 5) is 4.80. The molecule has 1 fully saturated rings. The average Bonchev–Trinajstić information content (AvgIpc) is 3.49. The lowest BCUT2D eigenvalue weighted by atomic mass is 10.0. The molecular weight excluding hydrogens is 493 g/mol. The van der Waals surface area contributed by atoms with Gasteiger partial charge >= 0.3 is 0 Å². The molecular formula is C23H40IN3O3. The lowest BCUT2D eigenvalue weighted by Gasteiger charge is -2.18. The summed E-state index contributed by atoms with van der Waals surface area (Å²) in [6.45, 7) is 14.0. The zero-order chi connectivity index (χ0) is 21.0. The summed E-state index contributed by atoms with van der Waals surface area (Å²) in [6, 6.07) is 6.28. The third-order valence-corrected chi connectivity index (χ3v) is 5.23. The van der Waals surface area contributed by atoms with Crippen molar-refractivity contribution in [3.63, 3.8) is 0 Å². The second-order valence-electron chi connectivity index (χ2n) is 7.65. The molecule has 0 aromatic heterocycles. The number of ether oxygens (including phenoxy) is 3. The standard InChI is InChI=1S/C23H39N3O3.HI/c1-5-24-22(26-18-23(10-11-23)12-13-27-6-2)25-17-20-9-8-19(4)16-21(20)29-15-14-28-7-3;/h8-9,16H,5-7,10-15,17-18H2,1-4H3,(H2,24,25,26);1H. The van der Waals surface area contributed by atoms with Crippen molar-refractivity contribution in [1.82, 2.24) is 10.6 Å². The maximum absolute atomic E-state index is 5.94. The van der Waals surface area contributed by atoms with Crippen LogP contribution in [-0.4, -0.2) is 52.1 Å². The lowest BCUT2D eigenvalue weighted by molar-refractivity contribution is 0.110. The van der Waals surface area contributed by atoms with E-state index in [1.165, 1.54) is 18.4 Å². The Labute approximate surface area is 199 Å². The number of hydrogen-bond acceptors (Lipinski definition) is 4. The summed E-state index contributed by atoms with van der Waals surface area (Å²) in [5.74, 6) is 1.75. The van der Waals surface area contributed by atoms with E-state index in [0.717, 1.165) is 50.0 Å². The van der Waals surface area contributed by atoms with Crippen molar-refractivity contribution in [2.75, 3.05) is 46.1 Å². The van der Waals surface area contributed by atoms with Crippen molar-refractivity contribution in [2.45, 2.75) is 53.5 Å². The fourth-order valence-corrected chi connectivity index (χ4v) is 3.18. The van der Waals surface area contributed by atoms with Gasteiger partial charge < -0.3 is 24.8 Å². The topological polar surface area (TPSA) is 64.1 Å². The fourth-order valence-electron chi connectivity index (χ4n) is 3.18. The molecule has 2 rings (SSSR count). The van der Waals surface area contributed by atoms with Crippen LogP contribution in [0, 0.1) is 12.3 Å². The van der Waals surface area contributed by atoms with E-state index in [1.54, 1.807) is 0 Å². The molecule has 172 valence electrons. The van der Waals surface area contributed by atoms with Crippen LogP contribution in [0.4, 0.5) is 0 Å². The summed E-state index contributed by atoms with van der Waals surface area (Å²) in [5.41, 5.74) is 2.64. The Hall–Kier alpha value is -1.06. The zero-order valence-electron chi connectivity index (χ0n) is 19.1. The quantitative estimate of drug-likeness (QED) is 0.162. The van der Waals surface area contributed by atoms with E-state index in [4.69, 9.17) is 19.2 Å². The molecule has 0 unspecified atom stereocenters. The first kappa shape index (κ1) is 27.0. The monoisotopic (exact) mass is 533 g/mol. The first-order chi connectivity index (χ1) is 14.1. The Balaban J connectivity index is 0.00000450. The molecule has 1 aromatic rings. The van der Waals surface area contributed by atoms with Crippen molar-refractivity contribution in [1.29, 1.82) is 0 Å². The lowest BCUT2D eigenvalue weighted by Crippen LogP contribution is -2.40. The number of guanidine groups is 1. The van der Waals surface area contributed by atoms with Gasteiger partial charge in [0, 0.05) is 38.5 Å². The molecule has 0 spiro atoms. The smallest absolute Gasteiger partial charge is 0.191 e. The van der Waals surface area contributed by atoms with Crippen molar-refractivity contribution in [3.05, 3.63) is 29.3 Å². The number of nitrogens with zero attached hydrogens (tertiary/aromatic N) is 1. The Morgan fingerprint density at radius 2 is 1.77 bits per heavy atom. The third kappa shape index (κ3) is 9.83. The number of nitrogens with one attached hydrogen (secondary N) is 2. The zero-order valence-corrected chi connectivity index (χ0v) is 21.4. The summed E-state index contributed by atoms with van der Waals surface area (Å²) < 4.78 is 16.9. The van der Waals surface area contributed by atoms with E-state index in [9.17, 15) is 0 Å². The maximum atomic E-state index is 5.94. The predicted octanol–water partition coefficient (Wildman–Crippen LogP) is 4.29. The van der Waals surface area contributed by atoms with E-state index >= 15 is 0 Å². The number of aryl methyl sites for hydroxylation is 1. The van der Waals surface area contributed by atoms with Gasteiger partial charge in [-0.3, -0.25) is 0 Å². The highest BCUT2D eigenvalue weighted by atomic mass is 127. The first-order valence-electron chi connectivity index (χ1n) is 11.0. The number of rotatable bonds is 14. The molecule has 0 amide bonds. The number of benzene rings is 1. The van der Waals surface area contributed by atoms with Gasteiger partial charge in [-0.1, -0.05) is 12.1 Å². The highest BCUT2D eigenvalue weighted by Crippen LogP contribution is 2.48. The maximum Gasteiger partial charge on any atom is 0.191 e. The van der Waals surface area contributed by atoms with Crippen molar-refractivity contribution in [3.8, 4) is 5.75 Å². The van der Waals surface area contributed by atoms with Crippen LogP contribution in [0.25, 0.3) is 0 Å². The van der Waals surface area contributed by atoms with Gasteiger partial charge in [0.1, 0.15) is 12.4 Å². The van der Waals surface area contributed by atoms with Gasteiger partial charge in [0.05, 0.1) is 13.2 Å². The molecule has 1 aromatic carbocycles. The van der Waals surface area contributed by atoms with E-state index in [-0.39, 0.29) is 24.0 Å². The Morgan fingerprint density at radius 3 is 2.43 bits per heavy atom. The predicted molar refractivity (Wildman–Crippen MR) is 134 cm³/mol. The summed E-state index contributed by atoms with van der Waals surface area (Å²) in [5, 5.41) is 6.89. The highest BCUT2D eigenvalue weighted by Gasteiger charge is 2.41. The molecule has 0 radical (unpaired) electrons. The van der Waals surface area contributed by atoms with Crippen LogP contribution in [0.2, 0.25) is 0 Å². The Morgan fingerprint density at radius 1 is 1.03 bits per heavy atom. The summed E-state index contributed by atoms with van der Waals surface area (Å²) in [7, 11) is 0. The van der Waals surface area contributed by atoms with Crippen molar-refractivity contribution >= 4 is 29.9 Å². The van der Waals surface area contributed by atoms with Crippen LogP contribution in [0.15, 0.2) is 23.2 Å². The van der Waals surface area contributed by atoms with Gasteiger partial charge in [-0.2, -0.15) is 0 Å². The minimum Gasteiger partial charge on any atom is -0.491 e. The molecule has 30 heavy (non-hydrogen) atoms. The molecule has 0 saturated heterocycles. The number of hydrogen-bond donors (Lipinski definition) is 2. The molecule has 6 nitrogen and oxygen atoms in total. The van der Waals surface area contributed by atoms with Crippen molar-refractivity contribution < 1.29 is 14.2 Å². The van der Waals surface area contributed by atoms with Crippen LogP contribution >= 0.6 is 24.0 Å². The van der Waals surface area contributed by atoms with Gasteiger partial charge in [-0.15, -0.1) is 24.0 Å². The van der Waals surface area contributed by atoms with E-state index in [2.05, 4.69) is 42.7 Å². The SMILES string of the molecule is CCNC(=NCc1ccc(C)cc1OCCOCC)NCC1(CCOCC)CC1.I. The molecule has 7 heteroatoms. The van der Waals surface area contributed by atoms with Gasteiger partial charge in [0.15, 0.2) is 5.96 Å². The minimum absolute atomic E-state index is 0. The van der Waals surface area contributed by atoms with E-state index < -0.39 is 0 Å². The molecule has 1 aliphatic rings. The number of aliphatic imine (C=N–C) groups is 1. The molecule has 0 aliphatic heterocycles. The van der Waals surface area contributed by atoms with Crippen LogP contribution in [0.1, 0.15) is 51.2 Å². The first-order valence-corrected chi connectivity index (χ1v) is 11.0. The fraction of sp³-hybridized carbons (Fsp3) is 0.696. The molecule has 0 atom stereocenters. The van der Waals surface area contributed by atoms with Crippen LogP contribution in [0.3, 0.4) is 0 Å². The minimum atomic E-state index is 0. The molecule has 1 aliphatic carbocycles. The van der Waals surface area contributed by atoms with Crippen molar-refractivity contribution in [2.24, 2.45) is 10.4 Å². The van der Waals surface area contributed by atoms with Gasteiger partial charge in [0.25, 0.3) is 0 Å². The van der Waals surface area contributed by atoms with Crippen LogP contribution in [0.5, 0.6) is 5.75 Å². The van der Waals surface area contributed by atoms with E-state index in [1.807, 2.05) is 13.8 Å². The summed E-state index contributed by atoms with van der Waals surface area (Å²) >= 11 is 0. The number of halogens is 1.